The summed E-state index contributed by atoms with van der Waals surface area (Å²) < 4.78 is 11.1. The standard InChI is InChI=1S/C22H28N2O3/c1-2-16-26-18-10-12-19(13-11-18)27-17-22(25)23-20-8-4-5-9-21(20)24-14-6-3-7-15-24/h4-5,8-13H,2-3,6-7,14-17H2,1H3,(H,23,25). The fraction of sp³-hybridized carbons (Fsp3) is 0.409. The Labute approximate surface area is 161 Å². The van der Waals surface area contributed by atoms with Crippen molar-refractivity contribution in [3.63, 3.8) is 0 Å². The molecule has 1 heterocycles. The number of benzene rings is 2. The lowest BCUT2D eigenvalue weighted by Gasteiger charge is -2.30. The lowest BCUT2D eigenvalue weighted by molar-refractivity contribution is -0.118. The molecule has 144 valence electrons. The van der Waals surface area contributed by atoms with E-state index in [1.54, 1.807) is 0 Å². The van der Waals surface area contributed by atoms with Gasteiger partial charge in [-0.05, 0) is 62.1 Å². The SMILES string of the molecule is CCCOc1ccc(OCC(=O)Nc2ccccc2N2CCCCC2)cc1. The zero-order valence-electron chi connectivity index (χ0n) is 15.9. The topological polar surface area (TPSA) is 50.8 Å². The Bertz CT molecular complexity index is 725. The monoisotopic (exact) mass is 368 g/mol. The van der Waals surface area contributed by atoms with E-state index in [9.17, 15) is 4.79 Å². The first-order valence-corrected chi connectivity index (χ1v) is 9.76. The van der Waals surface area contributed by atoms with E-state index >= 15 is 0 Å². The highest BCUT2D eigenvalue weighted by atomic mass is 16.5. The number of nitrogens with zero attached hydrogens (tertiary/aromatic N) is 1. The molecular formula is C22H28N2O3. The van der Waals surface area contributed by atoms with Crippen LogP contribution in [-0.2, 0) is 4.79 Å². The zero-order valence-corrected chi connectivity index (χ0v) is 15.9. The number of hydrogen-bond acceptors (Lipinski definition) is 4. The van der Waals surface area contributed by atoms with Gasteiger partial charge in [-0.3, -0.25) is 4.79 Å². The van der Waals surface area contributed by atoms with Gasteiger partial charge in [0.05, 0.1) is 18.0 Å². The van der Waals surface area contributed by atoms with Gasteiger partial charge in [0, 0.05) is 13.1 Å². The van der Waals surface area contributed by atoms with Crippen LogP contribution >= 0.6 is 0 Å². The highest BCUT2D eigenvalue weighted by Gasteiger charge is 2.15. The van der Waals surface area contributed by atoms with Gasteiger partial charge in [0.1, 0.15) is 11.5 Å². The lowest BCUT2D eigenvalue weighted by atomic mass is 10.1. The summed E-state index contributed by atoms with van der Waals surface area (Å²) in [5.41, 5.74) is 1.93. The van der Waals surface area contributed by atoms with Crippen molar-refractivity contribution in [2.45, 2.75) is 32.6 Å². The summed E-state index contributed by atoms with van der Waals surface area (Å²) in [4.78, 5) is 14.7. The summed E-state index contributed by atoms with van der Waals surface area (Å²) in [6.07, 6.45) is 4.64. The third-order valence-corrected chi connectivity index (χ3v) is 4.54. The maximum Gasteiger partial charge on any atom is 0.262 e. The first kappa shape index (κ1) is 19.1. The van der Waals surface area contributed by atoms with E-state index in [0.29, 0.717) is 12.4 Å². The number of para-hydroxylation sites is 2. The Morgan fingerprint density at radius 3 is 2.33 bits per heavy atom. The van der Waals surface area contributed by atoms with Crippen molar-refractivity contribution < 1.29 is 14.3 Å². The van der Waals surface area contributed by atoms with Gasteiger partial charge in [-0.25, -0.2) is 0 Å². The molecule has 27 heavy (non-hydrogen) atoms. The number of amides is 1. The second-order valence-electron chi connectivity index (χ2n) is 6.72. The van der Waals surface area contributed by atoms with Gasteiger partial charge < -0.3 is 19.7 Å². The van der Waals surface area contributed by atoms with E-state index in [1.165, 1.54) is 19.3 Å². The molecule has 2 aromatic carbocycles. The molecule has 1 amide bonds. The number of carbonyl (C=O) groups is 1. The van der Waals surface area contributed by atoms with E-state index in [0.717, 1.165) is 36.6 Å². The van der Waals surface area contributed by atoms with Gasteiger partial charge in [-0.1, -0.05) is 19.1 Å². The first-order chi connectivity index (χ1) is 13.3. The molecule has 0 aliphatic carbocycles. The highest BCUT2D eigenvalue weighted by Crippen LogP contribution is 2.28. The molecule has 1 fully saturated rings. The summed E-state index contributed by atoms with van der Waals surface area (Å²) >= 11 is 0. The van der Waals surface area contributed by atoms with E-state index in [1.807, 2.05) is 42.5 Å². The minimum Gasteiger partial charge on any atom is -0.494 e. The average Bonchev–Trinajstić information content (AvgIpc) is 2.72. The predicted molar refractivity (Wildman–Crippen MR) is 109 cm³/mol. The normalized spacial score (nSPS) is 13.9. The highest BCUT2D eigenvalue weighted by molar-refractivity contribution is 5.95. The third kappa shape index (κ3) is 5.64. The summed E-state index contributed by atoms with van der Waals surface area (Å²) in [6, 6.07) is 15.3. The number of anilines is 2. The molecule has 5 heteroatoms. The van der Waals surface area contributed by atoms with Crippen molar-refractivity contribution in [2.24, 2.45) is 0 Å². The Morgan fingerprint density at radius 2 is 1.63 bits per heavy atom. The van der Waals surface area contributed by atoms with Crippen LogP contribution in [0.5, 0.6) is 11.5 Å². The molecule has 1 N–H and O–H groups in total. The minimum absolute atomic E-state index is 0.0243. The van der Waals surface area contributed by atoms with Gasteiger partial charge in [0.2, 0.25) is 0 Å². The summed E-state index contributed by atoms with van der Waals surface area (Å²) in [5, 5.41) is 2.99. The van der Waals surface area contributed by atoms with Crippen molar-refractivity contribution in [1.29, 1.82) is 0 Å². The van der Waals surface area contributed by atoms with Gasteiger partial charge in [0.15, 0.2) is 6.61 Å². The maximum atomic E-state index is 12.3. The number of piperidine rings is 1. The van der Waals surface area contributed by atoms with Crippen LogP contribution in [0.15, 0.2) is 48.5 Å². The maximum absolute atomic E-state index is 12.3. The molecule has 0 radical (unpaired) electrons. The molecular weight excluding hydrogens is 340 g/mol. The van der Waals surface area contributed by atoms with Crippen LogP contribution in [0.3, 0.4) is 0 Å². The molecule has 0 bridgehead atoms. The Kier molecular flexibility index (Phi) is 6.97. The molecule has 2 aromatic rings. The van der Waals surface area contributed by atoms with Crippen LogP contribution in [0.2, 0.25) is 0 Å². The van der Waals surface area contributed by atoms with Crippen molar-refractivity contribution in [3.05, 3.63) is 48.5 Å². The molecule has 0 unspecified atom stereocenters. The van der Waals surface area contributed by atoms with Crippen LogP contribution in [0.4, 0.5) is 11.4 Å². The lowest BCUT2D eigenvalue weighted by Crippen LogP contribution is -2.30. The number of rotatable bonds is 8. The van der Waals surface area contributed by atoms with Crippen molar-refractivity contribution in [1.82, 2.24) is 0 Å². The Balaban J connectivity index is 1.53. The van der Waals surface area contributed by atoms with E-state index in [2.05, 4.69) is 23.2 Å². The van der Waals surface area contributed by atoms with Crippen molar-refractivity contribution in [3.8, 4) is 11.5 Å². The molecule has 0 atom stereocenters. The van der Waals surface area contributed by atoms with Gasteiger partial charge >= 0.3 is 0 Å². The second-order valence-corrected chi connectivity index (χ2v) is 6.72. The zero-order chi connectivity index (χ0) is 18.9. The summed E-state index contributed by atoms with van der Waals surface area (Å²) in [6.45, 7) is 4.81. The summed E-state index contributed by atoms with van der Waals surface area (Å²) in [5.74, 6) is 1.30. The minimum atomic E-state index is -0.161. The molecule has 0 aromatic heterocycles. The van der Waals surface area contributed by atoms with Crippen LogP contribution in [0.1, 0.15) is 32.6 Å². The van der Waals surface area contributed by atoms with Crippen LogP contribution in [0, 0.1) is 0 Å². The molecule has 0 spiro atoms. The number of nitrogens with one attached hydrogen (secondary N) is 1. The van der Waals surface area contributed by atoms with Crippen LogP contribution < -0.4 is 19.7 Å². The quantitative estimate of drug-likeness (QED) is 0.746. The smallest absolute Gasteiger partial charge is 0.262 e. The molecule has 5 nitrogen and oxygen atoms in total. The van der Waals surface area contributed by atoms with Crippen LogP contribution in [0.25, 0.3) is 0 Å². The average molecular weight is 368 g/mol. The Hall–Kier alpha value is -2.69. The van der Waals surface area contributed by atoms with Gasteiger partial charge in [0.25, 0.3) is 5.91 Å². The fourth-order valence-electron chi connectivity index (χ4n) is 3.18. The largest absolute Gasteiger partial charge is 0.494 e. The Morgan fingerprint density at radius 1 is 0.963 bits per heavy atom. The fourth-order valence-corrected chi connectivity index (χ4v) is 3.18. The van der Waals surface area contributed by atoms with Gasteiger partial charge in [-0.2, -0.15) is 0 Å². The predicted octanol–water partition coefficient (Wildman–Crippen LogP) is 4.48. The van der Waals surface area contributed by atoms with E-state index in [4.69, 9.17) is 9.47 Å². The number of ether oxygens (including phenoxy) is 2. The van der Waals surface area contributed by atoms with Gasteiger partial charge in [-0.15, -0.1) is 0 Å². The first-order valence-electron chi connectivity index (χ1n) is 9.76. The van der Waals surface area contributed by atoms with E-state index < -0.39 is 0 Å². The molecule has 1 saturated heterocycles. The number of carbonyl (C=O) groups excluding carboxylic acids is 1. The van der Waals surface area contributed by atoms with E-state index in [-0.39, 0.29) is 12.5 Å². The summed E-state index contributed by atoms with van der Waals surface area (Å²) in [7, 11) is 0. The molecule has 1 aliphatic heterocycles. The molecule has 3 rings (SSSR count). The second kappa shape index (κ2) is 9.86. The van der Waals surface area contributed by atoms with Crippen molar-refractivity contribution >= 4 is 17.3 Å². The molecule has 0 saturated carbocycles. The number of hydrogen-bond donors (Lipinski definition) is 1. The molecule has 1 aliphatic rings. The van der Waals surface area contributed by atoms with Crippen molar-refractivity contribution in [2.75, 3.05) is 36.5 Å². The third-order valence-electron chi connectivity index (χ3n) is 4.54. The van der Waals surface area contributed by atoms with Crippen LogP contribution in [-0.4, -0.2) is 32.2 Å².